The third kappa shape index (κ3) is 10.3. The Balaban J connectivity index is 0.00000420. The number of nitrogens with one attached hydrogen (secondary N) is 2. The lowest BCUT2D eigenvalue weighted by Gasteiger charge is -2.17. The van der Waals surface area contributed by atoms with Gasteiger partial charge in [-0.25, -0.2) is 4.99 Å². The average molecular weight is 518 g/mol. The van der Waals surface area contributed by atoms with Crippen LogP contribution in [0.25, 0.3) is 0 Å². The van der Waals surface area contributed by atoms with Crippen LogP contribution >= 0.6 is 24.0 Å². The summed E-state index contributed by atoms with van der Waals surface area (Å²) in [5.41, 5.74) is 1.18. The number of carbonyl (C=O) groups excluding carboxylic acids is 1. The monoisotopic (exact) mass is 518 g/mol. The quantitative estimate of drug-likeness (QED) is 0.216. The Morgan fingerprint density at radius 2 is 2.07 bits per heavy atom. The fourth-order valence-electron chi connectivity index (χ4n) is 2.84. The normalized spacial score (nSPS) is 17.3. The van der Waals surface area contributed by atoms with E-state index in [1.807, 2.05) is 18.2 Å². The molecular formula is C21H35IN4O3. The van der Waals surface area contributed by atoms with Crippen LogP contribution in [-0.4, -0.2) is 69.8 Å². The molecule has 1 amide bonds. The second-order valence-corrected chi connectivity index (χ2v) is 7.17. The molecule has 2 N–H and O–H groups in total. The lowest BCUT2D eigenvalue weighted by molar-refractivity contribution is -0.127. The van der Waals surface area contributed by atoms with Crippen molar-refractivity contribution in [2.45, 2.75) is 38.4 Å². The van der Waals surface area contributed by atoms with Gasteiger partial charge in [-0.15, -0.1) is 24.0 Å². The van der Waals surface area contributed by atoms with Crippen LogP contribution in [0.1, 0.15) is 37.9 Å². The average Bonchev–Trinajstić information content (AvgIpc) is 3.23. The van der Waals surface area contributed by atoms with Gasteiger partial charge in [0.1, 0.15) is 6.54 Å². The third-order valence-electron chi connectivity index (χ3n) is 4.64. The van der Waals surface area contributed by atoms with E-state index in [9.17, 15) is 4.79 Å². The van der Waals surface area contributed by atoms with Gasteiger partial charge < -0.3 is 25.0 Å². The molecule has 1 aliphatic rings. The first-order chi connectivity index (χ1) is 13.6. The van der Waals surface area contributed by atoms with Gasteiger partial charge >= 0.3 is 0 Å². The minimum Gasteiger partial charge on any atom is -0.376 e. The number of carbonyl (C=O) groups is 1. The molecule has 2 atom stereocenters. The highest BCUT2D eigenvalue weighted by atomic mass is 127. The number of hydrogen-bond acceptors (Lipinski definition) is 4. The maximum Gasteiger partial charge on any atom is 0.243 e. The molecule has 1 saturated heterocycles. The molecule has 0 aromatic heterocycles. The van der Waals surface area contributed by atoms with Gasteiger partial charge in [0.15, 0.2) is 5.96 Å². The molecule has 29 heavy (non-hydrogen) atoms. The molecule has 7 nitrogen and oxygen atoms in total. The van der Waals surface area contributed by atoms with Crippen molar-refractivity contribution in [1.82, 2.24) is 15.5 Å². The fraction of sp³-hybridized carbons (Fsp3) is 0.619. The summed E-state index contributed by atoms with van der Waals surface area (Å²) in [4.78, 5) is 17.7. The second-order valence-electron chi connectivity index (χ2n) is 7.17. The van der Waals surface area contributed by atoms with Crippen LogP contribution in [0.4, 0.5) is 0 Å². The zero-order valence-corrected chi connectivity index (χ0v) is 20.1. The molecule has 2 unspecified atom stereocenters. The number of nitrogens with zero attached hydrogens (tertiary/aromatic N) is 2. The van der Waals surface area contributed by atoms with Crippen molar-refractivity contribution in [2.24, 2.45) is 4.99 Å². The highest BCUT2D eigenvalue weighted by Crippen LogP contribution is 2.15. The first-order valence-corrected chi connectivity index (χ1v) is 10.1. The van der Waals surface area contributed by atoms with Gasteiger partial charge in [-0.05, 0) is 31.7 Å². The van der Waals surface area contributed by atoms with Crippen LogP contribution in [0.5, 0.6) is 0 Å². The van der Waals surface area contributed by atoms with Gasteiger partial charge in [-0.1, -0.05) is 30.3 Å². The lowest BCUT2D eigenvalue weighted by atomic mass is 10.1. The number of guanidine groups is 1. The Labute approximate surface area is 191 Å². The molecule has 1 heterocycles. The number of hydrogen-bond donors (Lipinski definition) is 2. The molecule has 0 radical (unpaired) electrons. The van der Waals surface area contributed by atoms with E-state index in [0.717, 1.165) is 32.4 Å². The Morgan fingerprint density at radius 3 is 2.72 bits per heavy atom. The van der Waals surface area contributed by atoms with Gasteiger partial charge in [0.2, 0.25) is 5.91 Å². The Kier molecular flexibility index (Phi) is 12.9. The Bertz CT molecular complexity index is 607. The van der Waals surface area contributed by atoms with Crippen LogP contribution in [-0.2, 0) is 14.3 Å². The van der Waals surface area contributed by atoms with Gasteiger partial charge in [0.25, 0.3) is 0 Å². The summed E-state index contributed by atoms with van der Waals surface area (Å²) in [6, 6.07) is 10.2. The van der Waals surface area contributed by atoms with Crippen molar-refractivity contribution < 1.29 is 14.3 Å². The maximum atomic E-state index is 11.8. The van der Waals surface area contributed by atoms with Crippen LogP contribution < -0.4 is 10.6 Å². The standard InChI is InChI=1S/C21H34N4O3.HI/c1-17(18-9-5-4-6-10-18)27-14-8-12-22-21(24-16-20(26)25(2)3)23-15-19-11-7-13-28-19;/h4-6,9-10,17,19H,7-8,11-16H2,1-3H3,(H2,22,23,24);1H. The third-order valence-corrected chi connectivity index (χ3v) is 4.64. The van der Waals surface area contributed by atoms with Gasteiger partial charge in [-0.2, -0.15) is 0 Å². The summed E-state index contributed by atoms with van der Waals surface area (Å²) in [5.74, 6) is 0.611. The summed E-state index contributed by atoms with van der Waals surface area (Å²) in [6.45, 7) is 5.07. The highest BCUT2D eigenvalue weighted by molar-refractivity contribution is 14.0. The molecule has 0 aliphatic carbocycles. The summed E-state index contributed by atoms with van der Waals surface area (Å²) < 4.78 is 11.5. The minimum atomic E-state index is -0.0294. The van der Waals surface area contributed by atoms with E-state index in [1.54, 1.807) is 19.0 Å². The molecule has 164 valence electrons. The van der Waals surface area contributed by atoms with E-state index in [0.29, 0.717) is 19.1 Å². The first kappa shape index (κ1) is 25.6. The predicted octanol–water partition coefficient (Wildman–Crippen LogP) is 2.57. The Morgan fingerprint density at radius 1 is 1.31 bits per heavy atom. The zero-order chi connectivity index (χ0) is 20.2. The number of amides is 1. The van der Waals surface area contributed by atoms with Crippen molar-refractivity contribution >= 4 is 35.8 Å². The largest absolute Gasteiger partial charge is 0.376 e. The van der Waals surface area contributed by atoms with Crippen molar-refractivity contribution in [3.05, 3.63) is 35.9 Å². The minimum absolute atomic E-state index is 0. The number of benzene rings is 1. The fourth-order valence-corrected chi connectivity index (χ4v) is 2.84. The SMILES string of the molecule is CC(OCCCNC(=NCC(=O)N(C)C)NCC1CCCO1)c1ccccc1.I. The van der Waals surface area contributed by atoms with Gasteiger partial charge in [-0.3, -0.25) is 4.79 Å². The first-order valence-electron chi connectivity index (χ1n) is 10.1. The van der Waals surface area contributed by atoms with Gasteiger partial charge in [0.05, 0.1) is 12.2 Å². The number of likely N-dealkylation sites (N-methyl/N-ethyl adjacent to an activating group) is 1. The number of halogens is 1. The zero-order valence-electron chi connectivity index (χ0n) is 17.7. The van der Waals surface area contributed by atoms with Crippen LogP contribution in [0.2, 0.25) is 0 Å². The number of aliphatic imine (C=N–C) groups is 1. The van der Waals surface area contributed by atoms with Crippen molar-refractivity contribution in [1.29, 1.82) is 0 Å². The van der Waals surface area contributed by atoms with Gasteiger partial charge in [0, 0.05) is 40.4 Å². The second kappa shape index (κ2) is 14.6. The van der Waals surface area contributed by atoms with E-state index in [4.69, 9.17) is 9.47 Å². The van der Waals surface area contributed by atoms with Crippen molar-refractivity contribution in [3.8, 4) is 0 Å². The molecule has 1 aromatic rings. The molecule has 0 saturated carbocycles. The number of ether oxygens (including phenoxy) is 2. The molecule has 2 rings (SSSR count). The molecule has 0 spiro atoms. The lowest BCUT2D eigenvalue weighted by Crippen LogP contribution is -2.42. The van der Waals surface area contributed by atoms with E-state index in [2.05, 4.69) is 34.7 Å². The molecule has 1 aliphatic heterocycles. The van der Waals surface area contributed by atoms with E-state index >= 15 is 0 Å². The van der Waals surface area contributed by atoms with E-state index in [-0.39, 0.29) is 48.6 Å². The van der Waals surface area contributed by atoms with Crippen molar-refractivity contribution in [2.75, 3.05) is 46.9 Å². The topological polar surface area (TPSA) is 75.2 Å². The predicted molar refractivity (Wildman–Crippen MR) is 127 cm³/mol. The highest BCUT2D eigenvalue weighted by Gasteiger charge is 2.15. The smallest absolute Gasteiger partial charge is 0.243 e. The summed E-state index contributed by atoms with van der Waals surface area (Å²) in [5, 5.41) is 6.57. The van der Waals surface area contributed by atoms with Crippen molar-refractivity contribution in [3.63, 3.8) is 0 Å². The summed E-state index contributed by atoms with van der Waals surface area (Å²) in [6.07, 6.45) is 3.29. The maximum absolute atomic E-state index is 11.8. The summed E-state index contributed by atoms with van der Waals surface area (Å²) in [7, 11) is 3.46. The molecular weight excluding hydrogens is 483 g/mol. The Hall–Kier alpha value is -1.39. The number of rotatable bonds is 10. The molecule has 1 fully saturated rings. The van der Waals surface area contributed by atoms with E-state index in [1.165, 1.54) is 5.56 Å². The van der Waals surface area contributed by atoms with E-state index < -0.39 is 0 Å². The van der Waals surface area contributed by atoms with Crippen LogP contribution in [0, 0.1) is 0 Å². The van der Waals surface area contributed by atoms with Crippen LogP contribution in [0.15, 0.2) is 35.3 Å². The molecule has 8 heteroatoms. The summed E-state index contributed by atoms with van der Waals surface area (Å²) >= 11 is 0. The van der Waals surface area contributed by atoms with Crippen LogP contribution in [0.3, 0.4) is 0 Å². The molecule has 1 aromatic carbocycles. The molecule has 0 bridgehead atoms.